The second-order valence-corrected chi connectivity index (χ2v) is 4.72. The molecule has 0 atom stereocenters. The molecule has 0 aliphatic rings. The van der Waals surface area contributed by atoms with E-state index in [1.807, 2.05) is 35.3 Å². The van der Waals surface area contributed by atoms with E-state index in [-0.39, 0.29) is 20.3 Å². The first-order valence-electron chi connectivity index (χ1n) is 1.93. The van der Waals surface area contributed by atoms with Crippen molar-refractivity contribution in [2.24, 2.45) is 0 Å². The van der Waals surface area contributed by atoms with Gasteiger partial charge in [0.1, 0.15) is 0 Å². The fourth-order valence-electron chi connectivity index (χ4n) is 0.289. The summed E-state index contributed by atoms with van der Waals surface area (Å²) < 4.78 is 0.736. The van der Waals surface area contributed by atoms with Crippen molar-refractivity contribution < 1.29 is 20.3 Å². The summed E-state index contributed by atoms with van der Waals surface area (Å²) in [4.78, 5) is 0. The van der Waals surface area contributed by atoms with E-state index in [0.717, 1.165) is 3.91 Å². The van der Waals surface area contributed by atoms with Crippen LogP contribution in [-0.2, 0) is 0 Å². The molecule has 0 saturated heterocycles. The van der Waals surface area contributed by atoms with E-state index in [1.54, 1.807) is 0 Å². The maximum absolute atomic E-state index is 2.14. The van der Waals surface area contributed by atoms with Gasteiger partial charge in [-0.15, -0.1) is 35.3 Å². The first kappa shape index (κ1) is 12.3. The quantitative estimate of drug-likeness (QED) is 0.405. The topological polar surface area (TPSA) is 0 Å². The molecule has 0 aromatic rings. The Labute approximate surface area is 78.0 Å². The smallest absolute Gasteiger partial charge is 1.00 e. The Bertz CT molecular complexity index is 37.3. The molecular weight excluding hydrogens is 151 g/mol. The van der Waals surface area contributed by atoms with Gasteiger partial charge in [-0.2, -0.15) is 0 Å². The van der Waals surface area contributed by atoms with E-state index >= 15 is 0 Å². The molecule has 0 heterocycles. The summed E-state index contributed by atoms with van der Waals surface area (Å²) in [5, 5.41) is 0. The first-order valence-corrected chi connectivity index (χ1v) is 5.80. The van der Waals surface area contributed by atoms with Crippen molar-refractivity contribution in [3.05, 3.63) is 0 Å². The van der Waals surface area contributed by atoms with Crippen LogP contribution in [0.3, 0.4) is 0 Å². The molecule has 4 heteroatoms. The molecule has 0 saturated carbocycles. The fourth-order valence-corrected chi connectivity index (χ4v) is 2.60. The Morgan fingerprint density at radius 2 is 1.25 bits per heavy atom. The van der Waals surface area contributed by atoms with Crippen molar-refractivity contribution in [3.63, 3.8) is 0 Å². The molecular formula is C4H11LiS3. The van der Waals surface area contributed by atoms with Crippen molar-refractivity contribution >= 4 is 35.3 Å². The van der Waals surface area contributed by atoms with Crippen LogP contribution in [0.5, 0.6) is 0 Å². The monoisotopic (exact) mass is 162 g/mol. The molecule has 0 aromatic heterocycles. The Hall–Kier alpha value is 1.65. The van der Waals surface area contributed by atoms with Crippen LogP contribution in [-0.4, -0.2) is 22.7 Å². The molecule has 0 unspecified atom stereocenters. The molecule has 8 heavy (non-hydrogen) atoms. The summed E-state index contributed by atoms with van der Waals surface area (Å²) in [7, 11) is 0. The van der Waals surface area contributed by atoms with E-state index < -0.39 is 0 Å². The van der Waals surface area contributed by atoms with Gasteiger partial charge in [0.25, 0.3) is 0 Å². The van der Waals surface area contributed by atoms with Gasteiger partial charge in [0.05, 0.1) is 3.91 Å². The molecule has 0 rings (SSSR count). The molecule has 0 nitrogen and oxygen atoms in total. The third kappa shape index (κ3) is 5.78. The van der Waals surface area contributed by atoms with Crippen LogP contribution in [0, 0.1) is 0 Å². The third-order valence-corrected chi connectivity index (χ3v) is 5.20. The Balaban J connectivity index is -0.000000180. The zero-order valence-corrected chi connectivity index (χ0v) is 8.25. The van der Waals surface area contributed by atoms with Crippen molar-refractivity contribution in [2.45, 2.75) is 3.91 Å². The zero-order chi connectivity index (χ0) is 5.70. The predicted octanol–water partition coefficient (Wildman–Crippen LogP) is -0.524. The van der Waals surface area contributed by atoms with Crippen LogP contribution in [0.1, 0.15) is 1.43 Å². The molecule has 0 fully saturated rings. The number of thioether (sulfide) groups is 3. The first-order chi connectivity index (χ1) is 3.35. The van der Waals surface area contributed by atoms with Crippen LogP contribution in [0.25, 0.3) is 0 Å². The number of hydrogen-bond donors (Lipinski definition) is 0. The Morgan fingerprint density at radius 1 is 1.00 bits per heavy atom. The summed E-state index contributed by atoms with van der Waals surface area (Å²) in [6, 6.07) is 0. The average Bonchev–Trinajstić information content (AvgIpc) is 1.72. The van der Waals surface area contributed by atoms with E-state index in [1.165, 1.54) is 0 Å². The average molecular weight is 162 g/mol. The van der Waals surface area contributed by atoms with Gasteiger partial charge in [-0.3, -0.25) is 0 Å². The van der Waals surface area contributed by atoms with Crippen molar-refractivity contribution in [2.75, 3.05) is 18.8 Å². The summed E-state index contributed by atoms with van der Waals surface area (Å²) in [5.74, 6) is 0. The number of hydrogen-bond acceptors (Lipinski definition) is 3. The van der Waals surface area contributed by atoms with E-state index in [4.69, 9.17) is 0 Å². The van der Waals surface area contributed by atoms with Gasteiger partial charge in [0.2, 0.25) is 0 Å². The van der Waals surface area contributed by atoms with Gasteiger partial charge < -0.3 is 1.43 Å². The van der Waals surface area contributed by atoms with Gasteiger partial charge in [0, 0.05) is 0 Å². The summed E-state index contributed by atoms with van der Waals surface area (Å²) in [6.45, 7) is 0. The van der Waals surface area contributed by atoms with Crippen LogP contribution in [0.2, 0.25) is 0 Å². The molecule has 46 valence electrons. The maximum Gasteiger partial charge on any atom is 1.00 e. The predicted molar refractivity (Wildman–Crippen MR) is 45.4 cm³/mol. The zero-order valence-electron chi connectivity index (χ0n) is 6.80. The van der Waals surface area contributed by atoms with E-state index in [9.17, 15) is 0 Å². The molecule has 0 spiro atoms. The minimum absolute atomic E-state index is 0. The second-order valence-electron chi connectivity index (χ2n) is 0.996. The van der Waals surface area contributed by atoms with Crippen molar-refractivity contribution in [3.8, 4) is 0 Å². The van der Waals surface area contributed by atoms with E-state index in [0.29, 0.717) is 0 Å². The summed E-state index contributed by atoms with van der Waals surface area (Å²) >= 11 is 5.69. The summed E-state index contributed by atoms with van der Waals surface area (Å²) in [5.41, 5.74) is 0. The largest absolute Gasteiger partial charge is 1.00 e. The molecule has 0 bridgehead atoms. The van der Waals surface area contributed by atoms with Gasteiger partial charge in [-0.1, -0.05) is 0 Å². The summed E-state index contributed by atoms with van der Waals surface area (Å²) in [6.07, 6.45) is 6.41. The SMILES string of the molecule is CSC(SC)SC.[H-].[Li+]. The van der Waals surface area contributed by atoms with Crippen LogP contribution in [0.4, 0.5) is 0 Å². The molecule has 0 aliphatic heterocycles. The van der Waals surface area contributed by atoms with Crippen LogP contribution in [0.15, 0.2) is 0 Å². The normalized spacial score (nSPS) is 9.00. The van der Waals surface area contributed by atoms with Gasteiger partial charge in [0.15, 0.2) is 0 Å². The van der Waals surface area contributed by atoms with Gasteiger partial charge >= 0.3 is 18.9 Å². The Morgan fingerprint density at radius 3 is 1.25 bits per heavy atom. The van der Waals surface area contributed by atoms with E-state index in [2.05, 4.69) is 18.8 Å². The van der Waals surface area contributed by atoms with Crippen LogP contribution < -0.4 is 18.9 Å². The Kier molecular flexibility index (Phi) is 13.3. The van der Waals surface area contributed by atoms with Gasteiger partial charge in [-0.25, -0.2) is 0 Å². The van der Waals surface area contributed by atoms with Crippen molar-refractivity contribution in [1.29, 1.82) is 0 Å². The standard InChI is InChI=1S/C4H10S3.Li.H/c1-5-4(6-2)7-3;;/h4H,1-3H3;;/q;+1;-1. The molecule has 0 aliphatic carbocycles. The fraction of sp³-hybridized carbons (Fsp3) is 1.00. The van der Waals surface area contributed by atoms with Crippen LogP contribution >= 0.6 is 35.3 Å². The second kappa shape index (κ2) is 8.65. The van der Waals surface area contributed by atoms with Gasteiger partial charge in [-0.05, 0) is 18.8 Å². The minimum atomic E-state index is 0. The van der Waals surface area contributed by atoms with Crippen molar-refractivity contribution in [1.82, 2.24) is 0 Å². The molecule has 0 N–H and O–H groups in total. The third-order valence-electron chi connectivity index (χ3n) is 0.577. The maximum atomic E-state index is 2.14. The molecule has 0 amide bonds. The minimum Gasteiger partial charge on any atom is -1.00 e. The molecule has 0 aromatic carbocycles. The molecule has 0 radical (unpaired) electrons. The number of rotatable bonds is 3.